The molecule has 0 saturated carbocycles. The van der Waals surface area contributed by atoms with Gasteiger partial charge in [0.1, 0.15) is 0 Å². The van der Waals surface area contributed by atoms with Gasteiger partial charge in [-0.1, -0.05) is 13.0 Å². The van der Waals surface area contributed by atoms with Gasteiger partial charge >= 0.3 is 0 Å². The Hall–Kier alpha value is -0.930. The molecule has 1 aromatic heterocycles. The van der Waals surface area contributed by atoms with Crippen molar-refractivity contribution in [1.29, 1.82) is 0 Å². The molecule has 0 saturated heterocycles. The molecule has 0 aliphatic carbocycles. The minimum absolute atomic E-state index is 0.313. The highest BCUT2D eigenvalue weighted by molar-refractivity contribution is 5.03. The molecule has 1 atom stereocenters. The average Bonchev–Trinajstić information content (AvgIpc) is 2.28. The van der Waals surface area contributed by atoms with Gasteiger partial charge in [-0.25, -0.2) is 0 Å². The molecular formula is C13H23N3. The first kappa shape index (κ1) is 13.1. The lowest BCUT2D eigenvalue weighted by Gasteiger charge is -2.20. The van der Waals surface area contributed by atoms with Crippen LogP contribution in [0.3, 0.4) is 0 Å². The second-order valence-corrected chi connectivity index (χ2v) is 4.31. The second kappa shape index (κ2) is 7.36. The van der Waals surface area contributed by atoms with Gasteiger partial charge in [-0.15, -0.1) is 0 Å². The summed E-state index contributed by atoms with van der Waals surface area (Å²) in [4.78, 5) is 6.75. The largest absolute Gasteiger partial charge is 0.328 e. The predicted octanol–water partition coefficient (Wildman–Crippen LogP) is 2.03. The quantitative estimate of drug-likeness (QED) is 0.766. The summed E-state index contributed by atoms with van der Waals surface area (Å²) in [5.74, 6) is 0. The third-order valence-corrected chi connectivity index (χ3v) is 2.69. The van der Waals surface area contributed by atoms with Crippen molar-refractivity contribution in [2.24, 2.45) is 5.73 Å². The van der Waals surface area contributed by atoms with Crippen molar-refractivity contribution >= 4 is 0 Å². The third-order valence-electron chi connectivity index (χ3n) is 2.69. The molecule has 0 spiro atoms. The average molecular weight is 221 g/mol. The molecule has 0 radical (unpaired) electrons. The Kier molecular flexibility index (Phi) is 6.04. The SMILES string of the molecule is CCN(CCCC(C)N)Cc1ccccn1. The highest BCUT2D eigenvalue weighted by Gasteiger charge is 2.04. The minimum atomic E-state index is 0.313. The fourth-order valence-corrected chi connectivity index (χ4v) is 1.71. The van der Waals surface area contributed by atoms with Crippen molar-refractivity contribution in [3.05, 3.63) is 30.1 Å². The Morgan fingerprint density at radius 2 is 2.25 bits per heavy atom. The number of hydrogen-bond donors (Lipinski definition) is 1. The highest BCUT2D eigenvalue weighted by atomic mass is 15.1. The van der Waals surface area contributed by atoms with Gasteiger partial charge in [0.2, 0.25) is 0 Å². The number of nitrogens with two attached hydrogens (primary N) is 1. The van der Waals surface area contributed by atoms with Crippen LogP contribution in [0.4, 0.5) is 0 Å². The number of nitrogens with zero attached hydrogens (tertiary/aromatic N) is 2. The fourth-order valence-electron chi connectivity index (χ4n) is 1.71. The standard InChI is InChI=1S/C13H23N3/c1-3-16(10-6-7-12(2)14)11-13-8-4-5-9-15-13/h4-5,8-9,12H,3,6-7,10-11,14H2,1-2H3. The summed E-state index contributed by atoms with van der Waals surface area (Å²) in [6.07, 6.45) is 4.11. The van der Waals surface area contributed by atoms with Crippen LogP contribution in [0.1, 0.15) is 32.4 Å². The molecule has 1 rings (SSSR count). The van der Waals surface area contributed by atoms with E-state index >= 15 is 0 Å². The maximum atomic E-state index is 5.74. The molecular weight excluding hydrogens is 198 g/mol. The smallest absolute Gasteiger partial charge is 0.0543 e. The predicted molar refractivity (Wildman–Crippen MR) is 68.1 cm³/mol. The summed E-state index contributed by atoms with van der Waals surface area (Å²) in [7, 11) is 0. The van der Waals surface area contributed by atoms with Crippen LogP contribution in [-0.2, 0) is 6.54 Å². The summed E-state index contributed by atoms with van der Waals surface area (Å²) in [6.45, 7) is 7.37. The van der Waals surface area contributed by atoms with E-state index < -0.39 is 0 Å². The first-order valence-corrected chi connectivity index (χ1v) is 6.10. The molecule has 0 fully saturated rings. The van der Waals surface area contributed by atoms with Gasteiger partial charge in [0, 0.05) is 18.8 Å². The van der Waals surface area contributed by atoms with Crippen LogP contribution in [0.2, 0.25) is 0 Å². The molecule has 3 nitrogen and oxygen atoms in total. The van der Waals surface area contributed by atoms with Crippen LogP contribution in [0, 0.1) is 0 Å². The lowest BCUT2D eigenvalue weighted by Crippen LogP contribution is -2.26. The van der Waals surface area contributed by atoms with E-state index in [9.17, 15) is 0 Å². The van der Waals surface area contributed by atoms with Gasteiger partial charge in [-0.3, -0.25) is 9.88 Å². The van der Waals surface area contributed by atoms with E-state index in [-0.39, 0.29) is 0 Å². The lowest BCUT2D eigenvalue weighted by atomic mass is 10.2. The highest BCUT2D eigenvalue weighted by Crippen LogP contribution is 2.03. The first-order chi connectivity index (χ1) is 7.72. The molecule has 0 bridgehead atoms. The van der Waals surface area contributed by atoms with Gasteiger partial charge < -0.3 is 5.73 Å². The van der Waals surface area contributed by atoms with E-state index in [4.69, 9.17) is 5.73 Å². The zero-order valence-corrected chi connectivity index (χ0v) is 10.4. The molecule has 1 aromatic rings. The Labute approximate surface area is 98.7 Å². The van der Waals surface area contributed by atoms with Crippen molar-refractivity contribution in [3.8, 4) is 0 Å². The number of pyridine rings is 1. The summed E-state index contributed by atoms with van der Waals surface area (Å²) < 4.78 is 0. The van der Waals surface area contributed by atoms with E-state index in [0.29, 0.717) is 6.04 Å². The Balaban J connectivity index is 2.32. The van der Waals surface area contributed by atoms with Crippen molar-refractivity contribution in [3.63, 3.8) is 0 Å². The molecule has 1 heterocycles. The Morgan fingerprint density at radius 3 is 2.81 bits per heavy atom. The first-order valence-electron chi connectivity index (χ1n) is 6.10. The van der Waals surface area contributed by atoms with Crippen LogP contribution >= 0.6 is 0 Å². The number of rotatable bonds is 7. The molecule has 3 heteroatoms. The molecule has 1 unspecified atom stereocenters. The number of hydrogen-bond acceptors (Lipinski definition) is 3. The Morgan fingerprint density at radius 1 is 1.44 bits per heavy atom. The van der Waals surface area contributed by atoms with E-state index in [0.717, 1.165) is 31.7 Å². The van der Waals surface area contributed by atoms with Gasteiger partial charge in [-0.05, 0) is 45.0 Å². The van der Waals surface area contributed by atoms with Crippen molar-refractivity contribution in [2.75, 3.05) is 13.1 Å². The van der Waals surface area contributed by atoms with Crippen LogP contribution < -0.4 is 5.73 Å². The van der Waals surface area contributed by atoms with Crippen LogP contribution in [0.15, 0.2) is 24.4 Å². The van der Waals surface area contributed by atoms with E-state index in [1.807, 2.05) is 18.3 Å². The zero-order valence-electron chi connectivity index (χ0n) is 10.4. The van der Waals surface area contributed by atoms with Crippen molar-refractivity contribution in [2.45, 2.75) is 39.3 Å². The summed E-state index contributed by atoms with van der Waals surface area (Å²) in [5.41, 5.74) is 6.89. The van der Waals surface area contributed by atoms with E-state index in [1.54, 1.807) is 0 Å². The molecule has 0 aliphatic rings. The summed E-state index contributed by atoms with van der Waals surface area (Å²) in [6, 6.07) is 6.39. The second-order valence-electron chi connectivity index (χ2n) is 4.31. The van der Waals surface area contributed by atoms with Crippen molar-refractivity contribution in [1.82, 2.24) is 9.88 Å². The normalized spacial score (nSPS) is 13.0. The molecule has 0 amide bonds. The Bertz CT molecular complexity index is 272. The van der Waals surface area contributed by atoms with Gasteiger partial charge in [-0.2, -0.15) is 0 Å². The van der Waals surface area contributed by atoms with Crippen LogP contribution in [-0.4, -0.2) is 29.0 Å². The lowest BCUT2D eigenvalue weighted by molar-refractivity contribution is 0.268. The zero-order chi connectivity index (χ0) is 11.8. The molecule has 90 valence electrons. The van der Waals surface area contributed by atoms with E-state index in [1.165, 1.54) is 6.42 Å². The van der Waals surface area contributed by atoms with Gasteiger partial charge in [0.15, 0.2) is 0 Å². The van der Waals surface area contributed by atoms with Gasteiger partial charge in [0.05, 0.1) is 5.69 Å². The molecule has 0 aromatic carbocycles. The van der Waals surface area contributed by atoms with E-state index in [2.05, 4.69) is 29.8 Å². The third kappa shape index (κ3) is 5.24. The topological polar surface area (TPSA) is 42.1 Å². The maximum absolute atomic E-state index is 5.74. The van der Waals surface area contributed by atoms with Crippen LogP contribution in [0.5, 0.6) is 0 Å². The fraction of sp³-hybridized carbons (Fsp3) is 0.615. The van der Waals surface area contributed by atoms with Crippen molar-refractivity contribution < 1.29 is 0 Å². The number of aromatic nitrogens is 1. The minimum Gasteiger partial charge on any atom is -0.328 e. The van der Waals surface area contributed by atoms with Crippen LogP contribution in [0.25, 0.3) is 0 Å². The molecule has 0 aliphatic heterocycles. The monoisotopic (exact) mass is 221 g/mol. The summed E-state index contributed by atoms with van der Waals surface area (Å²) >= 11 is 0. The summed E-state index contributed by atoms with van der Waals surface area (Å²) in [5, 5.41) is 0. The van der Waals surface area contributed by atoms with Gasteiger partial charge in [0.25, 0.3) is 0 Å². The molecule has 2 N–H and O–H groups in total. The maximum Gasteiger partial charge on any atom is 0.0543 e. The molecule has 16 heavy (non-hydrogen) atoms.